The van der Waals surface area contributed by atoms with Gasteiger partial charge in [-0.3, -0.25) is 4.79 Å². The molecule has 0 amide bonds. The normalized spacial score (nSPS) is 22.0. The largest absolute Gasteiger partial charge is 0.505 e. The van der Waals surface area contributed by atoms with Gasteiger partial charge in [-0.05, 0) is 46.0 Å². The van der Waals surface area contributed by atoms with E-state index >= 15 is 0 Å². The van der Waals surface area contributed by atoms with Crippen LogP contribution in [0.5, 0.6) is 0 Å². The molecule has 2 rings (SSSR count). The number of ether oxygens (including phenoxy) is 4. The summed E-state index contributed by atoms with van der Waals surface area (Å²) < 4.78 is 21.3. The summed E-state index contributed by atoms with van der Waals surface area (Å²) in [7, 11) is 0. The van der Waals surface area contributed by atoms with Gasteiger partial charge in [0.25, 0.3) is 5.76 Å². The summed E-state index contributed by atoms with van der Waals surface area (Å²) in [5, 5.41) is 10.3. The highest BCUT2D eigenvalue weighted by Crippen LogP contribution is 2.32. The average molecular weight is 481 g/mol. The lowest BCUT2D eigenvalue weighted by molar-refractivity contribution is -0.164. The van der Waals surface area contributed by atoms with Crippen LogP contribution >= 0.6 is 0 Å². The molecule has 7 heteroatoms. The van der Waals surface area contributed by atoms with Crippen molar-refractivity contribution in [3.05, 3.63) is 23.7 Å². The molecule has 1 N–H and O–H groups in total. The molecule has 0 aliphatic carbocycles. The molecule has 1 saturated heterocycles. The number of carbonyl (C=O) groups excluding carboxylic acids is 2. The van der Waals surface area contributed by atoms with Gasteiger partial charge >= 0.3 is 11.9 Å². The minimum atomic E-state index is -1.02. The highest BCUT2D eigenvalue weighted by atomic mass is 16.8. The van der Waals surface area contributed by atoms with Crippen LogP contribution in [0.1, 0.15) is 111 Å². The predicted molar refractivity (Wildman–Crippen MR) is 130 cm³/mol. The number of esters is 2. The van der Waals surface area contributed by atoms with Gasteiger partial charge in [-0.1, -0.05) is 70.4 Å². The maximum Gasteiger partial charge on any atom is 0.378 e. The minimum Gasteiger partial charge on any atom is -0.505 e. The number of cyclic esters (lactones) is 1. The van der Waals surface area contributed by atoms with Crippen LogP contribution in [0.15, 0.2) is 23.7 Å². The van der Waals surface area contributed by atoms with Gasteiger partial charge in [0.15, 0.2) is 17.7 Å². The number of hydrogen-bond acceptors (Lipinski definition) is 7. The van der Waals surface area contributed by atoms with Crippen LogP contribution in [0.25, 0.3) is 0 Å². The van der Waals surface area contributed by atoms with Gasteiger partial charge in [0.2, 0.25) is 0 Å². The summed E-state index contributed by atoms with van der Waals surface area (Å²) in [6, 6.07) is 0. The molecule has 1 fully saturated rings. The molecule has 7 nitrogen and oxygen atoms in total. The van der Waals surface area contributed by atoms with Crippen LogP contribution in [-0.2, 0) is 28.5 Å². The first-order valence-electron chi connectivity index (χ1n) is 13.2. The molecule has 0 aromatic rings. The lowest BCUT2D eigenvalue weighted by Gasteiger charge is -2.19. The Morgan fingerprint density at radius 3 is 2.18 bits per heavy atom. The van der Waals surface area contributed by atoms with Crippen LogP contribution in [0.2, 0.25) is 0 Å². The third-order valence-electron chi connectivity index (χ3n) is 6.15. The van der Waals surface area contributed by atoms with E-state index in [9.17, 15) is 14.7 Å². The van der Waals surface area contributed by atoms with Crippen molar-refractivity contribution in [1.82, 2.24) is 0 Å². The Bertz CT molecular complexity index is 695. The molecule has 2 aliphatic heterocycles. The van der Waals surface area contributed by atoms with E-state index in [0.29, 0.717) is 6.42 Å². The van der Waals surface area contributed by atoms with Gasteiger partial charge in [-0.25, -0.2) is 4.79 Å². The van der Waals surface area contributed by atoms with Gasteiger partial charge in [0.05, 0.1) is 6.61 Å². The van der Waals surface area contributed by atoms with E-state index in [4.69, 9.17) is 18.9 Å². The Hall–Kier alpha value is -1.86. The summed E-state index contributed by atoms with van der Waals surface area (Å²) in [5.41, 5.74) is 0. The van der Waals surface area contributed by atoms with E-state index in [1.54, 1.807) is 13.8 Å². The third kappa shape index (κ3) is 10.2. The summed E-state index contributed by atoms with van der Waals surface area (Å²) >= 11 is 0. The zero-order chi connectivity index (χ0) is 24.8. The van der Waals surface area contributed by atoms with E-state index in [-0.39, 0.29) is 13.0 Å². The molecular formula is C27H44O7. The smallest absolute Gasteiger partial charge is 0.378 e. The van der Waals surface area contributed by atoms with E-state index in [0.717, 1.165) is 32.1 Å². The Morgan fingerprint density at radius 2 is 1.59 bits per heavy atom. The first-order chi connectivity index (χ1) is 16.3. The van der Waals surface area contributed by atoms with Crippen molar-refractivity contribution in [2.24, 2.45) is 0 Å². The molecule has 0 radical (unpaired) electrons. The zero-order valence-electron chi connectivity index (χ0n) is 21.3. The number of aliphatic hydroxyl groups excluding tert-OH is 1. The van der Waals surface area contributed by atoms with Gasteiger partial charge in [-0.15, -0.1) is 0 Å². The predicted octanol–water partition coefficient (Wildman–Crippen LogP) is 6.41. The van der Waals surface area contributed by atoms with Crippen molar-refractivity contribution >= 4 is 11.9 Å². The molecule has 34 heavy (non-hydrogen) atoms. The maximum atomic E-state index is 12.1. The summed E-state index contributed by atoms with van der Waals surface area (Å²) in [4.78, 5) is 24.2. The minimum absolute atomic E-state index is 0.172. The van der Waals surface area contributed by atoms with E-state index in [2.05, 4.69) is 19.1 Å². The maximum absolute atomic E-state index is 12.1. The van der Waals surface area contributed by atoms with Crippen molar-refractivity contribution in [3.63, 3.8) is 0 Å². The summed E-state index contributed by atoms with van der Waals surface area (Å²) in [5.74, 6) is -3.06. The van der Waals surface area contributed by atoms with Crippen LogP contribution in [0.3, 0.4) is 0 Å². The number of aliphatic hydroxyl groups is 1. The van der Waals surface area contributed by atoms with Crippen molar-refractivity contribution in [2.45, 2.75) is 129 Å². The highest BCUT2D eigenvalue weighted by Gasteiger charge is 2.47. The van der Waals surface area contributed by atoms with Gasteiger partial charge in [0.1, 0.15) is 6.10 Å². The van der Waals surface area contributed by atoms with Gasteiger partial charge < -0.3 is 24.1 Å². The molecule has 0 spiro atoms. The topological polar surface area (TPSA) is 91.3 Å². The molecule has 0 aromatic heterocycles. The molecule has 2 unspecified atom stereocenters. The van der Waals surface area contributed by atoms with Crippen molar-refractivity contribution in [2.75, 3.05) is 6.61 Å². The highest BCUT2D eigenvalue weighted by molar-refractivity contribution is 5.92. The number of carbonyl (C=O) groups is 2. The second kappa shape index (κ2) is 15.2. The Labute approximate surface area is 204 Å². The third-order valence-corrected chi connectivity index (χ3v) is 6.15. The fourth-order valence-corrected chi connectivity index (χ4v) is 4.17. The van der Waals surface area contributed by atoms with E-state index in [1.165, 1.54) is 44.9 Å². The number of hydrogen-bond donors (Lipinski definition) is 1. The number of rotatable bonds is 17. The van der Waals surface area contributed by atoms with Crippen LogP contribution in [-0.4, -0.2) is 41.6 Å². The summed E-state index contributed by atoms with van der Waals surface area (Å²) in [6.07, 6.45) is 18.5. The second-order valence-corrected chi connectivity index (χ2v) is 9.72. The van der Waals surface area contributed by atoms with Gasteiger partial charge in [-0.2, -0.15) is 0 Å². The number of unbranched alkanes of at least 4 members (excludes halogenated alkanes) is 11. The Morgan fingerprint density at radius 1 is 1.00 bits per heavy atom. The number of allylic oxidation sites excluding steroid dienone is 2. The van der Waals surface area contributed by atoms with Crippen molar-refractivity contribution in [3.8, 4) is 0 Å². The van der Waals surface area contributed by atoms with E-state index < -0.39 is 41.5 Å². The monoisotopic (exact) mass is 480 g/mol. The van der Waals surface area contributed by atoms with Gasteiger partial charge in [0, 0.05) is 6.42 Å². The van der Waals surface area contributed by atoms with Crippen LogP contribution in [0.4, 0.5) is 0 Å². The Kier molecular flexibility index (Phi) is 12.7. The zero-order valence-corrected chi connectivity index (χ0v) is 21.3. The lowest BCUT2D eigenvalue weighted by atomic mass is 10.1. The first-order valence-corrected chi connectivity index (χ1v) is 13.2. The molecule has 0 aromatic carbocycles. The molecule has 2 atom stereocenters. The standard InChI is InChI=1S/C27H44O7/c1-4-5-6-7-8-9-10-11-12-13-14-15-16-17-18-19-22(28)32-25-23(29)24(33-26(25)30)21-20-31-27(2,3)34-21/h11-12,21,24,29H,4-10,13-20H2,1-3H3. The fraction of sp³-hybridized carbons (Fsp3) is 0.778. The van der Waals surface area contributed by atoms with E-state index in [1.807, 2.05) is 0 Å². The van der Waals surface area contributed by atoms with Crippen molar-refractivity contribution < 1.29 is 33.6 Å². The molecule has 2 aliphatic rings. The molecule has 194 valence electrons. The SMILES string of the molecule is CCCCCCCCC=CCCCCCCCC(=O)OC1=C(O)C(C2COC(C)(C)O2)OC1=O. The fourth-order valence-electron chi connectivity index (χ4n) is 4.17. The summed E-state index contributed by atoms with van der Waals surface area (Å²) in [6.45, 7) is 5.89. The second-order valence-electron chi connectivity index (χ2n) is 9.72. The molecule has 0 saturated carbocycles. The molecule has 2 heterocycles. The average Bonchev–Trinajstić information content (AvgIpc) is 3.29. The quantitative estimate of drug-likeness (QED) is 0.146. The van der Waals surface area contributed by atoms with Crippen molar-refractivity contribution in [1.29, 1.82) is 0 Å². The lowest BCUT2D eigenvalue weighted by Crippen LogP contribution is -2.32. The first kappa shape index (κ1) is 28.4. The van der Waals surface area contributed by atoms with Crippen LogP contribution < -0.4 is 0 Å². The molecular weight excluding hydrogens is 436 g/mol. The molecule has 0 bridgehead atoms. The van der Waals surface area contributed by atoms with Crippen LogP contribution in [0, 0.1) is 0 Å². The Balaban J connectivity index is 1.51.